The molecule has 5 nitrogen and oxygen atoms in total. The van der Waals surface area contributed by atoms with E-state index in [-0.39, 0.29) is 21.0 Å². The van der Waals surface area contributed by atoms with Crippen LogP contribution in [-0.2, 0) is 4.74 Å². The third-order valence-electron chi connectivity index (χ3n) is 3.54. The summed E-state index contributed by atoms with van der Waals surface area (Å²) in [6, 6.07) is 2.41. The summed E-state index contributed by atoms with van der Waals surface area (Å²) >= 11 is 1.74. The predicted octanol–water partition coefficient (Wildman–Crippen LogP) is 3.32. The lowest BCUT2D eigenvalue weighted by atomic mass is 9.94. The molecule has 1 heterocycles. The fourth-order valence-corrected chi connectivity index (χ4v) is 2.54. The summed E-state index contributed by atoms with van der Waals surface area (Å²) in [4.78, 5) is 10.5. The molecule has 104 valence electrons. The second kappa shape index (κ2) is 5.20. The van der Waals surface area contributed by atoms with Gasteiger partial charge in [0.1, 0.15) is 11.5 Å². The zero-order valence-electron chi connectivity index (χ0n) is 10.6. The minimum Gasteiger partial charge on any atom is -0.376 e. The van der Waals surface area contributed by atoms with E-state index in [1.165, 1.54) is 12.1 Å². The Balaban J connectivity index is 2.39. The van der Waals surface area contributed by atoms with Gasteiger partial charge in [-0.2, -0.15) is 0 Å². The van der Waals surface area contributed by atoms with E-state index in [2.05, 4.69) is 5.32 Å². The molecule has 1 aromatic carbocycles. The SMILES string of the molecule is CC1OCCC1(C)Nc1cc(F)c(I)cc1[N+](=O)[O-]. The van der Waals surface area contributed by atoms with Crippen molar-refractivity contribution in [3.05, 3.63) is 31.6 Å². The Hall–Kier alpha value is -0.960. The summed E-state index contributed by atoms with van der Waals surface area (Å²) < 4.78 is 19.3. The van der Waals surface area contributed by atoms with Gasteiger partial charge in [-0.25, -0.2) is 4.39 Å². The Bertz CT molecular complexity index is 526. The number of halogens is 2. The highest BCUT2D eigenvalue weighted by Gasteiger charge is 2.38. The van der Waals surface area contributed by atoms with Crippen molar-refractivity contribution in [2.45, 2.75) is 31.9 Å². The van der Waals surface area contributed by atoms with Gasteiger partial charge in [0.05, 0.1) is 20.1 Å². The maximum atomic E-state index is 13.6. The molecule has 0 saturated carbocycles. The molecular weight excluding hydrogens is 366 g/mol. The van der Waals surface area contributed by atoms with Crippen molar-refractivity contribution in [1.29, 1.82) is 0 Å². The van der Waals surface area contributed by atoms with Crippen LogP contribution in [-0.4, -0.2) is 23.2 Å². The number of nitrogens with zero attached hydrogens (tertiary/aromatic N) is 1. The van der Waals surface area contributed by atoms with E-state index in [4.69, 9.17) is 4.74 Å². The summed E-state index contributed by atoms with van der Waals surface area (Å²) in [6.07, 6.45) is 0.633. The Kier molecular flexibility index (Phi) is 3.95. The number of ether oxygens (including phenoxy) is 1. The Morgan fingerprint density at radius 3 is 2.84 bits per heavy atom. The maximum absolute atomic E-state index is 13.6. The van der Waals surface area contributed by atoms with Crippen LogP contribution < -0.4 is 5.32 Å². The fourth-order valence-electron chi connectivity index (χ4n) is 2.09. The lowest BCUT2D eigenvalue weighted by Gasteiger charge is -2.29. The Morgan fingerprint density at radius 2 is 2.32 bits per heavy atom. The second-order valence-corrected chi connectivity index (χ2v) is 6.01. The molecule has 0 radical (unpaired) electrons. The average Bonchev–Trinajstić information content (AvgIpc) is 2.63. The Morgan fingerprint density at radius 1 is 1.63 bits per heavy atom. The van der Waals surface area contributed by atoms with E-state index in [1.54, 1.807) is 22.6 Å². The van der Waals surface area contributed by atoms with Crippen LogP contribution in [0.5, 0.6) is 0 Å². The number of nitro groups is 1. The van der Waals surface area contributed by atoms with Gasteiger partial charge in [0.25, 0.3) is 5.69 Å². The van der Waals surface area contributed by atoms with E-state index < -0.39 is 16.3 Å². The van der Waals surface area contributed by atoms with E-state index >= 15 is 0 Å². The molecule has 1 fully saturated rings. The number of nitrogens with one attached hydrogen (secondary N) is 1. The minimum atomic E-state index is -0.506. The van der Waals surface area contributed by atoms with Crippen LogP contribution >= 0.6 is 22.6 Å². The van der Waals surface area contributed by atoms with E-state index in [0.29, 0.717) is 6.61 Å². The Labute approximate surface area is 123 Å². The van der Waals surface area contributed by atoms with Gasteiger partial charge in [-0.05, 0) is 42.9 Å². The molecule has 0 amide bonds. The van der Waals surface area contributed by atoms with Crippen molar-refractivity contribution in [2.75, 3.05) is 11.9 Å². The van der Waals surface area contributed by atoms with E-state index in [1.807, 2.05) is 13.8 Å². The van der Waals surface area contributed by atoms with Crippen LogP contribution in [0.1, 0.15) is 20.3 Å². The number of rotatable bonds is 3. The lowest BCUT2D eigenvalue weighted by molar-refractivity contribution is -0.384. The first kappa shape index (κ1) is 14.4. The van der Waals surface area contributed by atoms with Crippen molar-refractivity contribution in [1.82, 2.24) is 0 Å². The van der Waals surface area contributed by atoms with Gasteiger partial charge in [-0.15, -0.1) is 0 Å². The molecule has 0 bridgehead atoms. The van der Waals surface area contributed by atoms with E-state index in [0.717, 1.165) is 6.42 Å². The molecule has 2 rings (SSSR count). The van der Waals surface area contributed by atoms with E-state index in [9.17, 15) is 14.5 Å². The number of benzene rings is 1. The van der Waals surface area contributed by atoms with Gasteiger partial charge in [-0.3, -0.25) is 10.1 Å². The molecule has 1 saturated heterocycles. The molecule has 7 heteroatoms. The van der Waals surface area contributed by atoms with Gasteiger partial charge in [0.2, 0.25) is 0 Å². The minimum absolute atomic E-state index is 0.0885. The molecule has 0 spiro atoms. The molecule has 19 heavy (non-hydrogen) atoms. The van der Waals surface area contributed by atoms with Gasteiger partial charge < -0.3 is 10.1 Å². The van der Waals surface area contributed by atoms with Gasteiger partial charge in [0.15, 0.2) is 0 Å². The van der Waals surface area contributed by atoms with Crippen molar-refractivity contribution < 1.29 is 14.1 Å². The van der Waals surface area contributed by atoms with Crippen LogP contribution in [0.15, 0.2) is 12.1 Å². The first-order valence-corrected chi connectivity index (χ1v) is 6.94. The van der Waals surface area contributed by atoms with Gasteiger partial charge >= 0.3 is 0 Å². The zero-order valence-corrected chi connectivity index (χ0v) is 12.7. The molecule has 1 aromatic rings. The third-order valence-corrected chi connectivity index (χ3v) is 4.37. The number of nitro benzene ring substituents is 1. The van der Waals surface area contributed by atoms with Crippen LogP contribution in [0, 0.1) is 19.5 Å². The molecule has 1 aliphatic rings. The van der Waals surface area contributed by atoms with Crippen LogP contribution in [0.25, 0.3) is 0 Å². The highest BCUT2D eigenvalue weighted by Crippen LogP contribution is 2.35. The summed E-state index contributed by atoms with van der Waals surface area (Å²) in [5, 5.41) is 14.1. The lowest BCUT2D eigenvalue weighted by Crippen LogP contribution is -2.41. The van der Waals surface area contributed by atoms with Crippen LogP contribution in [0.3, 0.4) is 0 Å². The molecule has 1 N–H and O–H groups in total. The van der Waals surface area contributed by atoms with Crippen LogP contribution in [0.4, 0.5) is 15.8 Å². The topological polar surface area (TPSA) is 64.4 Å². The highest BCUT2D eigenvalue weighted by atomic mass is 127. The first-order valence-electron chi connectivity index (χ1n) is 5.87. The molecule has 2 unspecified atom stereocenters. The van der Waals surface area contributed by atoms with Crippen molar-refractivity contribution in [3.8, 4) is 0 Å². The van der Waals surface area contributed by atoms with Crippen molar-refractivity contribution in [3.63, 3.8) is 0 Å². The largest absolute Gasteiger partial charge is 0.376 e. The normalized spacial score (nSPS) is 26.4. The quantitative estimate of drug-likeness (QED) is 0.497. The standard InChI is InChI=1S/C12H14FIN2O3/c1-7-12(2,3-4-19-7)15-10-5-8(13)9(14)6-11(10)16(17)18/h5-7,15H,3-4H2,1-2H3. The molecule has 0 aromatic heterocycles. The number of anilines is 1. The highest BCUT2D eigenvalue weighted by molar-refractivity contribution is 14.1. The summed E-state index contributed by atoms with van der Waals surface area (Å²) in [5.41, 5.74) is -0.349. The number of hydrogen-bond donors (Lipinski definition) is 1. The second-order valence-electron chi connectivity index (χ2n) is 4.85. The fraction of sp³-hybridized carbons (Fsp3) is 0.500. The maximum Gasteiger partial charge on any atom is 0.293 e. The van der Waals surface area contributed by atoms with Gasteiger partial charge in [-0.1, -0.05) is 0 Å². The molecule has 2 atom stereocenters. The first-order chi connectivity index (χ1) is 8.83. The third kappa shape index (κ3) is 2.81. The zero-order chi connectivity index (χ0) is 14.2. The summed E-state index contributed by atoms with van der Waals surface area (Å²) in [7, 11) is 0. The van der Waals surface area contributed by atoms with Crippen LogP contribution in [0.2, 0.25) is 0 Å². The van der Waals surface area contributed by atoms with Gasteiger partial charge in [0, 0.05) is 18.7 Å². The summed E-state index contributed by atoms with van der Waals surface area (Å²) in [6.45, 7) is 4.41. The van der Waals surface area contributed by atoms with Crippen molar-refractivity contribution in [2.24, 2.45) is 0 Å². The monoisotopic (exact) mass is 380 g/mol. The smallest absolute Gasteiger partial charge is 0.293 e. The number of hydrogen-bond acceptors (Lipinski definition) is 4. The predicted molar refractivity (Wildman–Crippen MR) is 77.8 cm³/mol. The molecular formula is C12H14FIN2O3. The summed E-state index contributed by atoms with van der Waals surface area (Å²) in [5.74, 6) is -0.469. The van der Waals surface area contributed by atoms with Crippen molar-refractivity contribution >= 4 is 34.0 Å². The molecule has 0 aliphatic carbocycles. The average molecular weight is 380 g/mol. The molecule has 1 aliphatic heterocycles.